The minimum absolute atomic E-state index is 0.102. The highest BCUT2D eigenvalue weighted by Crippen LogP contribution is 2.32. The Labute approximate surface area is 80.0 Å². The first-order valence-corrected chi connectivity index (χ1v) is 5.10. The average molecular weight is 182 g/mol. The van der Waals surface area contributed by atoms with Crippen molar-refractivity contribution in [3.8, 4) is 0 Å². The van der Waals surface area contributed by atoms with Crippen LogP contribution in [0.25, 0.3) is 0 Å². The van der Waals surface area contributed by atoms with Crippen LogP contribution in [-0.4, -0.2) is 12.1 Å². The van der Waals surface area contributed by atoms with Crippen LogP contribution < -0.4 is 0 Å². The Kier molecular flexibility index (Phi) is 3.52. The molecule has 13 heavy (non-hydrogen) atoms. The minimum Gasteiger partial charge on any atom is -0.458 e. The molecule has 2 atom stereocenters. The molecule has 0 aliphatic carbocycles. The molecule has 0 spiro atoms. The summed E-state index contributed by atoms with van der Waals surface area (Å²) in [6.07, 6.45) is 4.24. The van der Waals surface area contributed by atoms with Gasteiger partial charge in [-0.15, -0.1) is 0 Å². The summed E-state index contributed by atoms with van der Waals surface area (Å²) in [6, 6.07) is 0. The van der Waals surface area contributed by atoms with Gasteiger partial charge >= 0.3 is 5.97 Å². The third kappa shape index (κ3) is 2.11. The summed E-state index contributed by atoms with van der Waals surface area (Å²) < 4.78 is 5.24. The van der Waals surface area contributed by atoms with Gasteiger partial charge in [0.15, 0.2) is 0 Å². The normalized spacial score (nSPS) is 27.8. The molecule has 2 heteroatoms. The highest BCUT2D eigenvalue weighted by molar-refractivity contribution is 5.90. The Morgan fingerprint density at radius 1 is 1.31 bits per heavy atom. The molecular weight excluding hydrogens is 164 g/mol. The van der Waals surface area contributed by atoms with E-state index in [1.165, 1.54) is 0 Å². The summed E-state index contributed by atoms with van der Waals surface area (Å²) in [5, 5.41) is 0. The lowest BCUT2D eigenvalue weighted by Crippen LogP contribution is -2.15. The molecule has 0 radical (unpaired) electrons. The van der Waals surface area contributed by atoms with E-state index in [0.29, 0.717) is 5.57 Å². The van der Waals surface area contributed by atoms with E-state index in [1.54, 1.807) is 0 Å². The molecule has 0 amide bonds. The molecule has 74 valence electrons. The monoisotopic (exact) mass is 182 g/mol. The van der Waals surface area contributed by atoms with Crippen LogP contribution in [0.1, 0.15) is 39.5 Å². The van der Waals surface area contributed by atoms with Crippen molar-refractivity contribution in [2.75, 3.05) is 0 Å². The zero-order chi connectivity index (χ0) is 9.84. The van der Waals surface area contributed by atoms with E-state index in [1.807, 2.05) is 0 Å². The van der Waals surface area contributed by atoms with Crippen LogP contribution in [0.4, 0.5) is 0 Å². The second-order valence-electron chi connectivity index (χ2n) is 3.65. The molecule has 1 aliphatic heterocycles. The van der Waals surface area contributed by atoms with Crippen LogP contribution >= 0.6 is 0 Å². The molecule has 2 nitrogen and oxygen atoms in total. The maximum Gasteiger partial charge on any atom is 0.334 e. The van der Waals surface area contributed by atoms with E-state index in [2.05, 4.69) is 20.4 Å². The van der Waals surface area contributed by atoms with Crippen molar-refractivity contribution in [2.45, 2.75) is 45.6 Å². The van der Waals surface area contributed by atoms with Gasteiger partial charge in [-0.1, -0.05) is 33.3 Å². The standard InChI is InChI=1S/C11H18O2/c1-4-6-9-8(3)11(12)13-10(9)7-5-2/h9-10H,3-7H2,1-2H3/t9-,10-/m1/s1. The Balaban J connectivity index is 2.62. The van der Waals surface area contributed by atoms with Gasteiger partial charge in [0.1, 0.15) is 6.10 Å². The maximum absolute atomic E-state index is 11.2. The first-order valence-electron chi connectivity index (χ1n) is 5.10. The first kappa shape index (κ1) is 10.3. The fourth-order valence-electron chi connectivity index (χ4n) is 1.89. The lowest BCUT2D eigenvalue weighted by molar-refractivity contribution is -0.139. The summed E-state index contributed by atoms with van der Waals surface area (Å²) in [4.78, 5) is 11.2. The number of carbonyl (C=O) groups excluding carboxylic acids is 1. The minimum atomic E-state index is -0.183. The van der Waals surface area contributed by atoms with Crippen molar-refractivity contribution in [2.24, 2.45) is 5.92 Å². The summed E-state index contributed by atoms with van der Waals surface area (Å²) in [7, 11) is 0. The largest absolute Gasteiger partial charge is 0.458 e. The fourth-order valence-corrected chi connectivity index (χ4v) is 1.89. The molecule has 0 unspecified atom stereocenters. The van der Waals surface area contributed by atoms with Gasteiger partial charge in [0.2, 0.25) is 0 Å². The molecule has 0 aromatic rings. The van der Waals surface area contributed by atoms with Crippen molar-refractivity contribution in [1.29, 1.82) is 0 Å². The zero-order valence-corrected chi connectivity index (χ0v) is 8.51. The van der Waals surface area contributed by atoms with E-state index >= 15 is 0 Å². The topological polar surface area (TPSA) is 26.3 Å². The Hall–Kier alpha value is -0.790. The summed E-state index contributed by atoms with van der Waals surface area (Å²) in [5.74, 6) is 0.0920. The quantitative estimate of drug-likeness (QED) is 0.493. The number of cyclic esters (lactones) is 1. The van der Waals surface area contributed by atoms with Crippen LogP contribution in [0.3, 0.4) is 0 Å². The van der Waals surface area contributed by atoms with Gasteiger partial charge in [-0.25, -0.2) is 4.79 Å². The first-order chi connectivity index (χ1) is 6.20. The van der Waals surface area contributed by atoms with Gasteiger partial charge in [0, 0.05) is 11.5 Å². The molecule has 1 saturated heterocycles. The summed E-state index contributed by atoms with van der Waals surface area (Å²) in [6.45, 7) is 8.03. The van der Waals surface area contributed by atoms with Gasteiger partial charge in [0.05, 0.1) is 0 Å². The zero-order valence-electron chi connectivity index (χ0n) is 8.51. The molecule has 1 fully saturated rings. The molecule has 1 heterocycles. The predicted molar refractivity (Wildman–Crippen MR) is 52.3 cm³/mol. The van der Waals surface area contributed by atoms with Crippen LogP contribution in [0.2, 0.25) is 0 Å². The molecule has 1 rings (SSSR count). The third-order valence-corrected chi connectivity index (χ3v) is 2.59. The van der Waals surface area contributed by atoms with E-state index in [0.717, 1.165) is 25.7 Å². The number of hydrogen-bond acceptors (Lipinski definition) is 2. The molecule has 0 aromatic heterocycles. The number of carbonyl (C=O) groups is 1. The second-order valence-corrected chi connectivity index (χ2v) is 3.65. The second kappa shape index (κ2) is 4.45. The smallest absolute Gasteiger partial charge is 0.334 e. The molecule has 0 N–H and O–H groups in total. The van der Waals surface area contributed by atoms with Crippen molar-refractivity contribution >= 4 is 5.97 Å². The lowest BCUT2D eigenvalue weighted by Gasteiger charge is -2.15. The van der Waals surface area contributed by atoms with Gasteiger partial charge in [-0.2, -0.15) is 0 Å². The molecule has 0 saturated carbocycles. The molecular formula is C11H18O2. The maximum atomic E-state index is 11.2. The molecule has 0 bridgehead atoms. The van der Waals surface area contributed by atoms with Gasteiger partial charge < -0.3 is 4.74 Å². The van der Waals surface area contributed by atoms with Crippen molar-refractivity contribution < 1.29 is 9.53 Å². The summed E-state index contributed by atoms with van der Waals surface area (Å²) >= 11 is 0. The predicted octanol–water partition coefficient (Wildman–Crippen LogP) is 2.68. The van der Waals surface area contributed by atoms with Crippen molar-refractivity contribution in [1.82, 2.24) is 0 Å². The SMILES string of the molecule is C=C1C(=O)O[C@H](CCC)[C@@H]1CCC. The highest BCUT2D eigenvalue weighted by atomic mass is 16.6. The molecule has 0 aromatic carbocycles. The van der Waals surface area contributed by atoms with Crippen molar-refractivity contribution in [3.05, 3.63) is 12.2 Å². The van der Waals surface area contributed by atoms with Crippen LogP contribution in [0.15, 0.2) is 12.2 Å². The van der Waals surface area contributed by atoms with E-state index in [9.17, 15) is 4.79 Å². The van der Waals surface area contributed by atoms with Crippen LogP contribution in [-0.2, 0) is 9.53 Å². The van der Waals surface area contributed by atoms with Gasteiger partial charge in [-0.05, 0) is 12.8 Å². The van der Waals surface area contributed by atoms with Crippen LogP contribution in [0, 0.1) is 5.92 Å². The van der Waals surface area contributed by atoms with Crippen molar-refractivity contribution in [3.63, 3.8) is 0 Å². The Morgan fingerprint density at radius 2 is 1.92 bits per heavy atom. The number of hydrogen-bond donors (Lipinski definition) is 0. The molecule has 1 aliphatic rings. The fraction of sp³-hybridized carbons (Fsp3) is 0.727. The lowest BCUT2D eigenvalue weighted by atomic mass is 9.90. The summed E-state index contributed by atoms with van der Waals surface area (Å²) in [5.41, 5.74) is 0.681. The Morgan fingerprint density at radius 3 is 2.46 bits per heavy atom. The van der Waals surface area contributed by atoms with Gasteiger partial charge in [0.25, 0.3) is 0 Å². The number of esters is 1. The number of ether oxygens (including phenoxy) is 1. The average Bonchev–Trinajstić information content (AvgIpc) is 2.34. The van der Waals surface area contributed by atoms with Crippen LogP contribution in [0.5, 0.6) is 0 Å². The third-order valence-electron chi connectivity index (χ3n) is 2.59. The highest BCUT2D eigenvalue weighted by Gasteiger charge is 2.36. The van der Waals surface area contributed by atoms with E-state index < -0.39 is 0 Å². The number of rotatable bonds is 4. The van der Waals surface area contributed by atoms with E-state index in [4.69, 9.17) is 4.74 Å². The van der Waals surface area contributed by atoms with E-state index in [-0.39, 0.29) is 18.0 Å². The Bertz CT molecular complexity index is 208. The van der Waals surface area contributed by atoms with Gasteiger partial charge in [-0.3, -0.25) is 0 Å².